The summed E-state index contributed by atoms with van der Waals surface area (Å²) in [6.07, 6.45) is 1.75. The van der Waals surface area contributed by atoms with Crippen molar-refractivity contribution < 1.29 is 9.53 Å². The fourth-order valence-electron chi connectivity index (χ4n) is 2.78. The standard InChI is InChI=1S/C15H20ClN3O2/c16-12-3-1-2-11(6-12)13-7-14(19-18-13)15(20)17-8-10-4-5-21-9-10/h1-3,6,10,13-14,18-19H,4-5,7-9H2,(H,17,20). The lowest BCUT2D eigenvalue weighted by Crippen LogP contribution is -2.44. The Hall–Kier alpha value is -1.14. The number of rotatable bonds is 4. The minimum Gasteiger partial charge on any atom is -0.381 e. The molecule has 6 heteroatoms. The second-order valence-corrected chi connectivity index (χ2v) is 6.10. The smallest absolute Gasteiger partial charge is 0.238 e. The lowest BCUT2D eigenvalue weighted by atomic mass is 10.0. The third-order valence-electron chi connectivity index (χ3n) is 4.06. The summed E-state index contributed by atoms with van der Waals surface area (Å²) in [7, 11) is 0. The molecule has 1 amide bonds. The number of benzene rings is 1. The molecule has 0 saturated carbocycles. The zero-order valence-corrected chi connectivity index (χ0v) is 12.5. The highest BCUT2D eigenvalue weighted by atomic mass is 35.5. The SMILES string of the molecule is O=C(NCC1CCOC1)C1CC(c2cccc(Cl)c2)NN1. The van der Waals surface area contributed by atoms with Crippen molar-refractivity contribution in [1.82, 2.24) is 16.2 Å². The van der Waals surface area contributed by atoms with E-state index in [0.717, 1.165) is 25.2 Å². The average Bonchev–Trinajstić information content (AvgIpc) is 3.16. The van der Waals surface area contributed by atoms with Crippen molar-refractivity contribution in [2.24, 2.45) is 5.92 Å². The highest BCUT2D eigenvalue weighted by Crippen LogP contribution is 2.24. The van der Waals surface area contributed by atoms with Gasteiger partial charge in [-0.1, -0.05) is 23.7 Å². The van der Waals surface area contributed by atoms with Gasteiger partial charge < -0.3 is 10.1 Å². The molecule has 3 rings (SSSR count). The Bertz CT molecular complexity index is 505. The van der Waals surface area contributed by atoms with Crippen LogP contribution in [0.5, 0.6) is 0 Å². The molecule has 0 aliphatic carbocycles. The van der Waals surface area contributed by atoms with Gasteiger partial charge in [-0.05, 0) is 30.5 Å². The molecule has 0 aromatic heterocycles. The molecule has 21 heavy (non-hydrogen) atoms. The van der Waals surface area contributed by atoms with Crippen LogP contribution in [0.15, 0.2) is 24.3 Å². The number of carbonyl (C=O) groups is 1. The Kier molecular flexibility index (Phi) is 4.75. The molecule has 0 spiro atoms. The molecule has 0 radical (unpaired) electrons. The maximum absolute atomic E-state index is 12.2. The van der Waals surface area contributed by atoms with E-state index in [1.165, 1.54) is 0 Å². The summed E-state index contributed by atoms with van der Waals surface area (Å²) >= 11 is 6.01. The molecule has 1 aromatic carbocycles. The zero-order valence-electron chi connectivity index (χ0n) is 11.8. The molecule has 114 valence electrons. The normalized spacial score (nSPS) is 28.7. The maximum Gasteiger partial charge on any atom is 0.238 e. The van der Waals surface area contributed by atoms with E-state index in [4.69, 9.17) is 16.3 Å². The van der Waals surface area contributed by atoms with Crippen LogP contribution in [0.4, 0.5) is 0 Å². The lowest BCUT2D eigenvalue weighted by Gasteiger charge is -2.13. The van der Waals surface area contributed by atoms with Crippen LogP contribution in [0.25, 0.3) is 0 Å². The van der Waals surface area contributed by atoms with E-state index in [1.807, 2.05) is 24.3 Å². The first-order valence-corrected chi connectivity index (χ1v) is 7.72. The molecule has 3 N–H and O–H groups in total. The average molecular weight is 310 g/mol. The van der Waals surface area contributed by atoms with Crippen LogP contribution in [0, 0.1) is 5.92 Å². The van der Waals surface area contributed by atoms with Gasteiger partial charge in [0.05, 0.1) is 6.61 Å². The van der Waals surface area contributed by atoms with Gasteiger partial charge in [-0.25, -0.2) is 10.9 Å². The van der Waals surface area contributed by atoms with Gasteiger partial charge in [0.1, 0.15) is 6.04 Å². The summed E-state index contributed by atoms with van der Waals surface area (Å²) in [6, 6.07) is 7.61. The molecule has 3 atom stereocenters. The summed E-state index contributed by atoms with van der Waals surface area (Å²) in [5.74, 6) is 0.492. The second kappa shape index (κ2) is 6.75. The minimum absolute atomic E-state index is 0.0407. The van der Waals surface area contributed by atoms with E-state index in [2.05, 4.69) is 16.2 Å². The van der Waals surface area contributed by atoms with Crippen molar-refractivity contribution in [2.45, 2.75) is 24.9 Å². The van der Waals surface area contributed by atoms with E-state index < -0.39 is 0 Å². The third kappa shape index (κ3) is 3.74. The predicted molar refractivity (Wildman–Crippen MR) is 80.8 cm³/mol. The minimum atomic E-state index is -0.212. The van der Waals surface area contributed by atoms with Crippen LogP contribution in [0.3, 0.4) is 0 Å². The maximum atomic E-state index is 12.2. The summed E-state index contributed by atoms with van der Waals surface area (Å²) in [5.41, 5.74) is 7.32. The van der Waals surface area contributed by atoms with Crippen LogP contribution < -0.4 is 16.2 Å². The van der Waals surface area contributed by atoms with Gasteiger partial charge in [0.2, 0.25) is 5.91 Å². The van der Waals surface area contributed by atoms with E-state index in [1.54, 1.807) is 0 Å². The number of hydrazine groups is 1. The first-order chi connectivity index (χ1) is 10.2. The molecule has 5 nitrogen and oxygen atoms in total. The van der Waals surface area contributed by atoms with Gasteiger partial charge >= 0.3 is 0 Å². The Morgan fingerprint density at radius 3 is 3.10 bits per heavy atom. The number of hydrogen-bond donors (Lipinski definition) is 3. The summed E-state index contributed by atoms with van der Waals surface area (Å²) in [5, 5.41) is 3.71. The van der Waals surface area contributed by atoms with Crippen LogP contribution in [0.1, 0.15) is 24.4 Å². The van der Waals surface area contributed by atoms with Gasteiger partial charge in [-0.15, -0.1) is 0 Å². The van der Waals surface area contributed by atoms with Crippen molar-refractivity contribution in [2.75, 3.05) is 19.8 Å². The molecular weight excluding hydrogens is 290 g/mol. The van der Waals surface area contributed by atoms with E-state index >= 15 is 0 Å². The fourth-order valence-corrected chi connectivity index (χ4v) is 2.98. The molecule has 2 heterocycles. The number of ether oxygens (including phenoxy) is 1. The Labute approximate surface area is 129 Å². The molecule has 2 saturated heterocycles. The third-order valence-corrected chi connectivity index (χ3v) is 4.29. The first-order valence-electron chi connectivity index (χ1n) is 7.34. The van der Waals surface area contributed by atoms with Crippen LogP contribution in [-0.4, -0.2) is 31.7 Å². The highest BCUT2D eigenvalue weighted by molar-refractivity contribution is 6.30. The van der Waals surface area contributed by atoms with Gasteiger partial charge in [-0.2, -0.15) is 0 Å². The predicted octanol–water partition coefficient (Wildman–Crippen LogP) is 1.40. The van der Waals surface area contributed by atoms with Crippen molar-refractivity contribution in [3.8, 4) is 0 Å². The van der Waals surface area contributed by atoms with E-state index in [9.17, 15) is 4.79 Å². The van der Waals surface area contributed by atoms with Crippen molar-refractivity contribution in [1.29, 1.82) is 0 Å². The van der Waals surface area contributed by atoms with Gasteiger partial charge in [0, 0.05) is 30.1 Å². The molecule has 0 bridgehead atoms. The number of halogens is 1. The second-order valence-electron chi connectivity index (χ2n) is 5.66. The monoisotopic (exact) mass is 309 g/mol. The molecular formula is C15H20ClN3O2. The van der Waals surface area contributed by atoms with Gasteiger partial charge in [0.25, 0.3) is 0 Å². The largest absolute Gasteiger partial charge is 0.381 e. The van der Waals surface area contributed by atoms with E-state index in [0.29, 0.717) is 23.9 Å². The van der Waals surface area contributed by atoms with Gasteiger partial charge in [0.15, 0.2) is 0 Å². The Balaban J connectivity index is 1.50. The van der Waals surface area contributed by atoms with Crippen molar-refractivity contribution >= 4 is 17.5 Å². The van der Waals surface area contributed by atoms with Gasteiger partial charge in [-0.3, -0.25) is 4.79 Å². The quantitative estimate of drug-likeness (QED) is 0.787. The summed E-state index contributed by atoms with van der Waals surface area (Å²) in [4.78, 5) is 12.2. The van der Waals surface area contributed by atoms with Crippen LogP contribution in [0.2, 0.25) is 5.02 Å². The number of hydrogen-bond acceptors (Lipinski definition) is 4. The van der Waals surface area contributed by atoms with Crippen molar-refractivity contribution in [3.63, 3.8) is 0 Å². The summed E-state index contributed by atoms with van der Waals surface area (Å²) < 4.78 is 5.31. The fraction of sp³-hybridized carbons (Fsp3) is 0.533. The topological polar surface area (TPSA) is 62.4 Å². The molecule has 2 fully saturated rings. The van der Waals surface area contributed by atoms with Crippen molar-refractivity contribution in [3.05, 3.63) is 34.9 Å². The number of carbonyl (C=O) groups excluding carboxylic acids is 1. The van der Waals surface area contributed by atoms with Crippen LogP contribution >= 0.6 is 11.6 Å². The van der Waals surface area contributed by atoms with E-state index in [-0.39, 0.29) is 18.0 Å². The highest BCUT2D eigenvalue weighted by Gasteiger charge is 2.30. The van der Waals surface area contributed by atoms with Crippen LogP contribution in [-0.2, 0) is 9.53 Å². The summed E-state index contributed by atoms with van der Waals surface area (Å²) in [6.45, 7) is 2.25. The molecule has 2 aliphatic heterocycles. The zero-order chi connectivity index (χ0) is 14.7. The number of nitrogens with one attached hydrogen (secondary N) is 3. The molecule has 3 unspecified atom stereocenters. The lowest BCUT2D eigenvalue weighted by molar-refractivity contribution is -0.123. The Morgan fingerprint density at radius 1 is 1.43 bits per heavy atom. The Morgan fingerprint density at radius 2 is 2.33 bits per heavy atom. The molecule has 1 aromatic rings. The number of amides is 1. The molecule has 2 aliphatic rings. The first kappa shape index (κ1) is 14.8.